The molecule has 0 amide bonds. The van der Waals surface area contributed by atoms with E-state index in [1.54, 1.807) is 32.0 Å². The van der Waals surface area contributed by atoms with Crippen LogP contribution in [0.5, 0.6) is 11.5 Å². The number of methoxy groups -OCH3 is 2. The van der Waals surface area contributed by atoms with Crippen molar-refractivity contribution in [3.05, 3.63) is 60.3 Å². The SMILES string of the molecule is C=CCOC(=O)C1=C(C)N=C(C)C(C(=O)OCC=C)[C@@H]1c1ccc(OC)c(OC)c1. The van der Waals surface area contributed by atoms with E-state index in [4.69, 9.17) is 18.9 Å². The third kappa shape index (κ3) is 4.79. The van der Waals surface area contributed by atoms with Crippen LogP contribution in [0.15, 0.2) is 59.8 Å². The van der Waals surface area contributed by atoms with Crippen LogP contribution in [-0.4, -0.2) is 45.1 Å². The van der Waals surface area contributed by atoms with Crippen molar-refractivity contribution in [3.8, 4) is 11.5 Å². The van der Waals surface area contributed by atoms with E-state index in [1.807, 2.05) is 0 Å². The Morgan fingerprint density at radius 1 is 1.03 bits per heavy atom. The fraction of sp³-hybridized carbons (Fsp3) is 0.348. The number of benzene rings is 1. The quantitative estimate of drug-likeness (QED) is 0.454. The van der Waals surface area contributed by atoms with Gasteiger partial charge in [-0.25, -0.2) is 4.79 Å². The monoisotopic (exact) mass is 413 g/mol. The highest BCUT2D eigenvalue weighted by Crippen LogP contribution is 2.42. The minimum atomic E-state index is -0.807. The summed E-state index contributed by atoms with van der Waals surface area (Å²) in [5.41, 5.74) is 1.98. The van der Waals surface area contributed by atoms with E-state index in [0.29, 0.717) is 28.5 Å². The normalized spacial score (nSPS) is 18.2. The maximum Gasteiger partial charge on any atom is 0.336 e. The molecule has 0 saturated heterocycles. The van der Waals surface area contributed by atoms with Crippen molar-refractivity contribution >= 4 is 17.7 Å². The lowest BCUT2D eigenvalue weighted by atomic mass is 9.75. The van der Waals surface area contributed by atoms with Crippen molar-refractivity contribution in [1.82, 2.24) is 0 Å². The van der Waals surface area contributed by atoms with Crippen LogP contribution in [0.3, 0.4) is 0 Å². The number of ether oxygens (including phenoxy) is 4. The lowest BCUT2D eigenvalue weighted by molar-refractivity contribution is -0.145. The van der Waals surface area contributed by atoms with Crippen LogP contribution in [0.4, 0.5) is 0 Å². The number of nitrogens with zero attached hydrogens (tertiary/aromatic N) is 1. The molecule has 7 nitrogen and oxygen atoms in total. The molecule has 1 aromatic carbocycles. The number of esters is 2. The summed E-state index contributed by atoms with van der Waals surface area (Å²) in [6, 6.07) is 5.25. The van der Waals surface area contributed by atoms with Gasteiger partial charge in [-0.15, -0.1) is 0 Å². The van der Waals surface area contributed by atoms with Crippen LogP contribution in [0.2, 0.25) is 0 Å². The van der Waals surface area contributed by atoms with Crippen LogP contribution in [-0.2, 0) is 19.1 Å². The van der Waals surface area contributed by atoms with Crippen LogP contribution >= 0.6 is 0 Å². The Morgan fingerprint density at radius 2 is 1.67 bits per heavy atom. The van der Waals surface area contributed by atoms with Crippen molar-refractivity contribution in [2.24, 2.45) is 10.9 Å². The number of carbonyl (C=O) groups excluding carboxylic acids is 2. The van der Waals surface area contributed by atoms with Gasteiger partial charge in [-0.1, -0.05) is 31.4 Å². The second-order valence-corrected chi connectivity index (χ2v) is 6.63. The van der Waals surface area contributed by atoms with Crippen molar-refractivity contribution < 1.29 is 28.5 Å². The van der Waals surface area contributed by atoms with Gasteiger partial charge < -0.3 is 18.9 Å². The zero-order valence-electron chi connectivity index (χ0n) is 17.8. The van der Waals surface area contributed by atoms with Gasteiger partial charge in [0.05, 0.1) is 19.8 Å². The van der Waals surface area contributed by atoms with E-state index < -0.39 is 23.8 Å². The number of hydrogen-bond donors (Lipinski definition) is 0. The summed E-state index contributed by atoms with van der Waals surface area (Å²) in [6.45, 7) is 10.7. The van der Waals surface area contributed by atoms with Gasteiger partial charge in [0.1, 0.15) is 19.1 Å². The molecule has 7 heteroatoms. The third-order valence-electron chi connectivity index (χ3n) is 4.74. The predicted molar refractivity (Wildman–Crippen MR) is 114 cm³/mol. The topological polar surface area (TPSA) is 83.4 Å². The fourth-order valence-electron chi connectivity index (χ4n) is 3.46. The van der Waals surface area contributed by atoms with Crippen LogP contribution in [0, 0.1) is 5.92 Å². The minimum absolute atomic E-state index is 0.0442. The van der Waals surface area contributed by atoms with E-state index in [0.717, 1.165) is 0 Å². The Kier molecular flexibility index (Phi) is 7.98. The Hall–Kier alpha value is -3.35. The van der Waals surface area contributed by atoms with E-state index >= 15 is 0 Å². The first kappa shape index (κ1) is 22.9. The first-order valence-corrected chi connectivity index (χ1v) is 9.42. The van der Waals surface area contributed by atoms with Crippen molar-refractivity contribution in [2.75, 3.05) is 27.4 Å². The molecular weight excluding hydrogens is 386 g/mol. The van der Waals surface area contributed by atoms with Crippen LogP contribution < -0.4 is 9.47 Å². The summed E-state index contributed by atoms with van der Waals surface area (Å²) in [4.78, 5) is 30.3. The summed E-state index contributed by atoms with van der Waals surface area (Å²) >= 11 is 0. The molecule has 0 aromatic heterocycles. The molecule has 1 aliphatic rings. The molecule has 1 aliphatic heterocycles. The van der Waals surface area contributed by atoms with E-state index in [1.165, 1.54) is 26.4 Å². The van der Waals surface area contributed by atoms with Gasteiger partial charge in [0.2, 0.25) is 0 Å². The molecule has 1 unspecified atom stereocenters. The molecule has 30 heavy (non-hydrogen) atoms. The zero-order valence-corrected chi connectivity index (χ0v) is 17.8. The van der Waals surface area contributed by atoms with E-state index in [9.17, 15) is 9.59 Å². The highest BCUT2D eigenvalue weighted by Gasteiger charge is 2.42. The first-order valence-electron chi connectivity index (χ1n) is 9.42. The molecule has 1 heterocycles. The lowest BCUT2D eigenvalue weighted by Crippen LogP contribution is -2.36. The van der Waals surface area contributed by atoms with Crippen molar-refractivity contribution in [2.45, 2.75) is 19.8 Å². The predicted octanol–water partition coefficient (Wildman–Crippen LogP) is 3.61. The Bertz CT molecular complexity index is 899. The fourth-order valence-corrected chi connectivity index (χ4v) is 3.46. The first-order chi connectivity index (χ1) is 14.4. The average molecular weight is 413 g/mol. The van der Waals surface area contributed by atoms with Gasteiger partial charge >= 0.3 is 11.9 Å². The maximum atomic E-state index is 12.9. The van der Waals surface area contributed by atoms with Gasteiger partial charge in [-0.05, 0) is 31.5 Å². The van der Waals surface area contributed by atoms with Gasteiger partial charge in [0, 0.05) is 17.3 Å². The average Bonchev–Trinajstić information content (AvgIpc) is 2.74. The van der Waals surface area contributed by atoms with Crippen molar-refractivity contribution in [1.29, 1.82) is 0 Å². The molecule has 0 radical (unpaired) electrons. The molecule has 2 atom stereocenters. The number of allylic oxidation sites excluding steroid dienone is 1. The Balaban J connectivity index is 2.64. The van der Waals surface area contributed by atoms with Crippen LogP contribution in [0.25, 0.3) is 0 Å². The number of rotatable bonds is 9. The largest absolute Gasteiger partial charge is 0.493 e. The Labute approximate surface area is 176 Å². The number of carbonyl (C=O) groups is 2. The molecule has 160 valence electrons. The van der Waals surface area contributed by atoms with Gasteiger partial charge in [0.15, 0.2) is 11.5 Å². The minimum Gasteiger partial charge on any atom is -0.493 e. The molecule has 0 saturated carbocycles. The number of aliphatic imine (C=N–C) groups is 1. The molecule has 2 rings (SSSR count). The number of hydrogen-bond acceptors (Lipinski definition) is 7. The summed E-state index contributed by atoms with van der Waals surface area (Å²) < 4.78 is 21.3. The molecule has 0 aliphatic carbocycles. The second-order valence-electron chi connectivity index (χ2n) is 6.63. The highest BCUT2D eigenvalue weighted by molar-refractivity contribution is 6.07. The molecule has 0 N–H and O–H groups in total. The molecule has 1 aromatic rings. The van der Waals surface area contributed by atoms with E-state index in [-0.39, 0.29) is 18.8 Å². The standard InChI is InChI=1S/C23H27NO6/c1-7-11-29-22(25)19-14(3)24-15(4)20(23(26)30-12-8-2)21(19)16-9-10-17(27-5)18(13-16)28-6/h7-10,13,19,21H,1-2,11-12H2,3-6H3/t19?,21-/m0/s1. The van der Waals surface area contributed by atoms with Gasteiger partial charge in [0.25, 0.3) is 0 Å². The lowest BCUT2D eigenvalue weighted by Gasteiger charge is -2.31. The van der Waals surface area contributed by atoms with Crippen molar-refractivity contribution in [3.63, 3.8) is 0 Å². The Morgan fingerprint density at radius 3 is 2.27 bits per heavy atom. The molecule has 0 bridgehead atoms. The maximum absolute atomic E-state index is 12.9. The smallest absolute Gasteiger partial charge is 0.336 e. The molecule has 0 fully saturated rings. The summed E-state index contributed by atoms with van der Waals surface area (Å²) in [5, 5.41) is 0. The summed E-state index contributed by atoms with van der Waals surface area (Å²) in [5.74, 6) is -1.54. The summed E-state index contributed by atoms with van der Waals surface area (Å²) in [6.07, 6.45) is 2.96. The third-order valence-corrected chi connectivity index (χ3v) is 4.74. The van der Waals surface area contributed by atoms with Gasteiger partial charge in [-0.2, -0.15) is 0 Å². The van der Waals surface area contributed by atoms with E-state index in [2.05, 4.69) is 18.2 Å². The highest BCUT2D eigenvalue weighted by atomic mass is 16.5. The molecule has 0 spiro atoms. The summed E-state index contributed by atoms with van der Waals surface area (Å²) in [7, 11) is 3.05. The second kappa shape index (κ2) is 10.4. The molecular formula is C23H27NO6. The van der Waals surface area contributed by atoms with Gasteiger partial charge in [-0.3, -0.25) is 9.79 Å². The van der Waals surface area contributed by atoms with Crippen LogP contribution in [0.1, 0.15) is 25.3 Å². The zero-order chi connectivity index (χ0) is 22.3.